The minimum absolute atomic E-state index is 0.0125. The fourth-order valence-corrected chi connectivity index (χ4v) is 8.87. The fraction of sp³-hybridized carbons (Fsp3) is 0.500. The topological polar surface area (TPSA) is 155 Å². The monoisotopic (exact) mass is 937 g/mol. The van der Waals surface area contributed by atoms with E-state index in [-0.39, 0.29) is 63.7 Å². The molecule has 14 nitrogen and oxygen atoms in total. The van der Waals surface area contributed by atoms with Crippen molar-refractivity contribution in [3.8, 4) is 16.9 Å². The van der Waals surface area contributed by atoms with Crippen LogP contribution in [-0.4, -0.2) is 115 Å². The minimum Gasteiger partial charge on any atom is -0.453 e. The number of piperazine rings is 1. The lowest BCUT2D eigenvalue weighted by molar-refractivity contribution is -0.274. The number of nitrogens with zero attached hydrogens (tertiary/aromatic N) is 5. The Morgan fingerprint density at radius 2 is 1.64 bits per heavy atom. The summed E-state index contributed by atoms with van der Waals surface area (Å²) in [5.74, 6) is -0.985. The van der Waals surface area contributed by atoms with Crippen LogP contribution in [0.5, 0.6) is 5.75 Å². The second-order valence-corrected chi connectivity index (χ2v) is 18.9. The van der Waals surface area contributed by atoms with Crippen LogP contribution in [0.3, 0.4) is 0 Å². The molecule has 3 aliphatic heterocycles. The number of aliphatic imine (C=N–C) groups is 1. The van der Waals surface area contributed by atoms with E-state index in [9.17, 15) is 32.3 Å². The Labute approximate surface area is 388 Å². The molecular weight excluding hydrogens is 879 g/mol. The van der Waals surface area contributed by atoms with E-state index in [0.29, 0.717) is 56.8 Å². The number of halogens is 4. The van der Waals surface area contributed by atoms with Gasteiger partial charge >= 0.3 is 12.5 Å². The van der Waals surface area contributed by atoms with E-state index in [1.54, 1.807) is 54.6 Å². The normalized spacial score (nSPS) is 20.8. The van der Waals surface area contributed by atoms with Crippen LogP contribution in [-0.2, 0) is 19.1 Å². The molecule has 2 saturated heterocycles. The van der Waals surface area contributed by atoms with Gasteiger partial charge in [0.1, 0.15) is 17.6 Å². The summed E-state index contributed by atoms with van der Waals surface area (Å²) in [4.78, 5) is 67.4. The van der Waals surface area contributed by atoms with Crippen molar-refractivity contribution in [2.75, 3.05) is 50.6 Å². The molecule has 5 atom stereocenters. The first-order chi connectivity index (χ1) is 31.1. The van der Waals surface area contributed by atoms with Crippen molar-refractivity contribution in [1.29, 1.82) is 0 Å². The van der Waals surface area contributed by atoms with Crippen LogP contribution in [0, 0.1) is 17.3 Å². The summed E-state index contributed by atoms with van der Waals surface area (Å²) in [5.41, 5.74) is 2.51. The number of methoxy groups -OCH3 is 2. The average molecular weight is 938 g/mol. The summed E-state index contributed by atoms with van der Waals surface area (Å²) >= 11 is 6.64. The van der Waals surface area contributed by atoms with Crippen LogP contribution in [0.25, 0.3) is 16.7 Å². The summed E-state index contributed by atoms with van der Waals surface area (Å²) < 4.78 is 56.5. The number of amides is 4. The molecule has 2 N–H and O–H groups in total. The fourth-order valence-electron chi connectivity index (χ4n) is 8.66. The van der Waals surface area contributed by atoms with E-state index >= 15 is 0 Å². The quantitative estimate of drug-likeness (QED) is 0.192. The molecule has 0 aliphatic carbocycles. The lowest BCUT2D eigenvalue weighted by atomic mass is 9.90. The number of alkyl carbamates (subject to hydrolysis) is 1. The summed E-state index contributed by atoms with van der Waals surface area (Å²) in [7, 11) is 2.85. The summed E-state index contributed by atoms with van der Waals surface area (Å²) in [6.07, 6.45) is -0.943. The number of ether oxygens (including phenoxy) is 3. The Balaban J connectivity index is 1.19. The average Bonchev–Trinajstić information content (AvgIpc) is 3.60. The zero-order valence-corrected chi connectivity index (χ0v) is 39.5. The Kier molecular flexibility index (Phi) is 15.4. The minimum atomic E-state index is -5.06. The predicted molar refractivity (Wildman–Crippen MR) is 247 cm³/mol. The molecule has 356 valence electrons. The molecule has 4 amide bonds. The molecule has 0 saturated carbocycles. The molecule has 5 unspecified atom stereocenters. The number of alkyl halides is 3. The first kappa shape index (κ1) is 49.7. The summed E-state index contributed by atoms with van der Waals surface area (Å²) in [6.45, 7) is 15.4. The van der Waals surface area contributed by atoms with Gasteiger partial charge in [-0.2, -0.15) is 0 Å². The molecule has 3 aromatic rings. The number of allylic oxidation sites excluding steroid dienone is 1. The summed E-state index contributed by atoms with van der Waals surface area (Å²) in [5, 5.41) is 5.26. The largest absolute Gasteiger partial charge is 0.573 e. The molecule has 0 bridgehead atoms. The van der Waals surface area contributed by atoms with Crippen molar-refractivity contribution >= 4 is 58.2 Å². The number of aromatic nitrogens is 1. The van der Waals surface area contributed by atoms with Crippen LogP contribution >= 0.6 is 11.6 Å². The number of likely N-dealkylation sites (tertiary alicyclic amines) is 1. The number of carbonyl (C=O) groups is 4. The van der Waals surface area contributed by atoms with E-state index in [4.69, 9.17) is 26.1 Å². The number of pyridine rings is 1. The number of benzene rings is 2. The van der Waals surface area contributed by atoms with Crippen molar-refractivity contribution in [1.82, 2.24) is 20.1 Å². The molecule has 66 heavy (non-hydrogen) atoms. The van der Waals surface area contributed by atoms with Gasteiger partial charge in [-0.3, -0.25) is 19.4 Å². The lowest BCUT2D eigenvalue weighted by Crippen LogP contribution is -2.56. The maximum absolute atomic E-state index is 14.0. The van der Waals surface area contributed by atoms with E-state index in [0.717, 1.165) is 22.9 Å². The maximum atomic E-state index is 14.0. The van der Waals surface area contributed by atoms with Gasteiger partial charge in [0.05, 0.1) is 35.5 Å². The molecule has 18 heteroatoms. The van der Waals surface area contributed by atoms with Crippen LogP contribution in [0.2, 0.25) is 5.02 Å². The van der Waals surface area contributed by atoms with Gasteiger partial charge in [-0.25, -0.2) is 9.78 Å². The first-order valence-electron chi connectivity index (χ1n) is 22.1. The second-order valence-electron chi connectivity index (χ2n) is 18.5. The zero-order valence-electron chi connectivity index (χ0n) is 38.8. The zero-order chi connectivity index (χ0) is 48.2. The molecule has 0 radical (unpaired) electrons. The molecule has 4 heterocycles. The standard InChI is InChI=1S/C48H59ClF3N7O7/c1-27(2)41(56-46(63)65-9)44(61)59-26-34(64-8)20-38(59)42-28(3)10-11-32(23-54-42)30-12-14-31(15-13-30)35-21-36(49)37(22-39(35)66-48(50,51)52)55-43(60)33-16-17-40(53-24-33)58-19-18-57(25-29(58)4)45(62)47(5,6)7/h12-17,21-24,27-29,34,38,41H,10-11,18-20,25-26H2,1-9H3,(H,55,60)(H,56,63). The molecule has 6 rings (SSSR count). The molecule has 1 aromatic heterocycles. The maximum Gasteiger partial charge on any atom is 0.573 e. The number of hydrogen-bond donors (Lipinski definition) is 2. The van der Waals surface area contributed by atoms with Gasteiger partial charge < -0.3 is 39.5 Å². The molecule has 2 fully saturated rings. The van der Waals surface area contributed by atoms with Gasteiger partial charge in [0.25, 0.3) is 5.91 Å². The van der Waals surface area contributed by atoms with E-state index in [2.05, 4.69) is 32.2 Å². The van der Waals surface area contributed by atoms with E-state index in [1.165, 1.54) is 19.4 Å². The van der Waals surface area contributed by atoms with Gasteiger partial charge in [0, 0.05) is 80.9 Å². The summed E-state index contributed by atoms with van der Waals surface area (Å²) in [6, 6.07) is 11.3. The Bertz CT molecular complexity index is 2330. The highest BCUT2D eigenvalue weighted by molar-refractivity contribution is 6.34. The van der Waals surface area contributed by atoms with Gasteiger partial charge in [-0.1, -0.05) is 77.4 Å². The Morgan fingerprint density at radius 1 is 0.939 bits per heavy atom. The van der Waals surface area contributed by atoms with E-state index in [1.807, 2.05) is 46.4 Å². The number of hydrogen-bond acceptors (Lipinski definition) is 10. The highest BCUT2D eigenvalue weighted by Crippen LogP contribution is 2.41. The van der Waals surface area contributed by atoms with Gasteiger partial charge in [0.15, 0.2) is 0 Å². The highest BCUT2D eigenvalue weighted by atomic mass is 35.5. The lowest BCUT2D eigenvalue weighted by Gasteiger charge is -2.42. The van der Waals surface area contributed by atoms with Crippen LogP contribution in [0.1, 0.15) is 83.7 Å². The Morgan fingerprint density at radius 3 is 2.23 bits per heavy atom. The molecular formula is C48H59ClF3N7O7. The Hall–Kier alpha value is -5.68. The predicted octanol–water partition coefficient (Wildman–Crippen LogP) is 8.84. The third-order valence-electron chi connectivity index (χ3n) is 12.3. The van der Waals surface area contributed by atoms with Crippen LogP contribution < -0.4 is 20.3 Å². The third-order valence-corrected chi connectivity index (χ3v) is 12.6. The first-order valence-corrected chi connectivity index (χ1v) is 22.4. The molecule has 0 spiro atoms. The smallest absolute Gasteiger partial charge is 0.453 e. The SMILES string of the molecule is COC(=O)NC(C(=O)N1CC(OC)CC1C1=NC=C(c2ccc(-c3cc(Cl)c(NC(=O)c4ccc(N5CCN(C(=O)C(C)(C)C)CC5C)nc4)cc3OC(F)(F)F)cc2)CCC1C)C(C)C. The number of carbonyl (C=O) groups excluding carboxylic acids is 4. The van der Waals surface area contributed by atoms with Crippen molar-refractivity contribution in [3.63, 3.8) is 0 Å². The second kappa shape index (κ2) is 20.5. The van der Waals surface area contributed by atoms with Crippen LogP contribution in [0.15, 0.2) is 65.9 Å². The van der Waals surface area contributed by atoms with Gasteiger partial charge in [-0.05, 0) is 66.5 Å². The van der Waals surface area contributed by atoms with Crippen molar-refractivity contribution < 1.29 is 46.6 Å². The van der Waals surface area contributed by atoms with Crippen molar-refractivity contribution in [2.24, 2.45) is 22.2 Å². The number of nitrogens with one attached hydrogen (secondary N) is 2. The van der Waals surface area contributed by atoms with Crippen molar-refractivity contribution in [2.45, 2.75) is 98.3 Å². The van der Waals surface area contributed by atoms with Gasteiger partial charge in [0.2, 0.25) is 11.8 Å². The van der Waals surface area contributed by atoms with Crippen LogP contribution in [0.4, 0.5) is 29.5 Å². The molecule has 3 aliphatic rings. The third kappa shape index (κ3) is 11.6. The number of rotatable bonds is 11. The molecule has 2 aromatic carbocycles. The highest BCUT2D eigenvalue weighted by Gasteiger charge is 2.43. The van der Waals surface area contributed by atoms with E-state index < -0.39 is 35.6 Å². The number of anilines is 2. The van der Waals surface area contributed by atoms with Gasteiger partial charge in [-0.15, -0.1) is 13.2 Å². The van der Waals surface area contributed by atoms with Crippen molar-refractivity contribution in [3.05, 3.63) is 77.1 Å².